The molecule has 3 rings (SSSR count). The number of esters is 4. The van der Waals surface area contributed by atoms with Crippen LogP contribution in [0.2, 0.25) is 0 Å². The van der Waals surface area contributed by atoms with Crippen molar-refractivity contribution in [3.05, 3.63) is 11.6 Å². The minimum Gasteiger partial charge on any atom is -0.469 e. The first kappa shape index (κ1) is 32.8. The molecule has 1 aliphatic heterocycles. The van der Waals surface area contributed by atoms with Gasteiger partial charge in [-0.05, 0) is 39.5 Å². The molecule has 0 N–H and O–H groups in total. The van der Waals surface area contributed by atoms with Gasteiger partial charge in [0.15, 0.2) is 11.4 Å². The second-order valence-corrected chi connectivity index (χ2v) is 12.0. The number of rotatable bonds is 9. The van der Waals surface area contributed by atoms with Gasteiger partial charge in [-0.2, -0.15) is 0 Å². The summed E-state index contributed by atoms with van der Waals surface area (Å²) in [6.45, 7) is 12.2. The topological polar surface area (TPSA) is 135 Å². The fourth-order valence-electron chi connectivity index (χ4n) is 6.86. The Bertz CT molecular complexity index is 1070. The molecule has 0 bridgehead atoms. The highest BCUT2D eigenvalue weighted by atomic mass is 16.6. The number of methoxy groups -OCH3 is 1. The number of hydrogen-bond donors (Lipinski definition) is 0. The summed E-state index contributed by atoms with van der Waals surface area (Å²) >= 11 is 0. The molecule has 41 heavy (non-hydrogen) atoms. The van der Waals surface area contributed by atoms with Crippen LogP contribution < -0.4 is 0 Å². The summed E-state index contributed by atoms with van der Waals surface area (Å²) in [5.41, 5.74) is -1.82. The van der Waals surface area contributed by atoms with E-state index < -0.39 is 77.1 Å². The largest absolute Gasteiger partial charge is 0.469 e. The lowest BCUT2D eigenvalue weighted by molar-refractivity contribution is -0.212. The average Bonchev–Trinajstić information content (AvgIpc) is 3.62. The summed E-state index contributed by atoms with van der Waals surface area (Å²) in [6.07, 6.45) is 1.32. The van der Waals surface area contributed by atoms with Gasteiger partial charge in [-0.25, -0.2) is 0 Å². The Hall–Kier alpha value is -2.75. The molecule has 1 saturated heterocycles. The van der Waals surface area contributed by atoms with Crippen molar-refractivity contribution in [2.45, 2.75) is 123 Å². The minimum atomic E-state index is -1.53. The fraction of sp³-hybridized carbons (Fsp3) is 0.774. The summed E-state index contributed by atoms with van der Waals surface area (Å²) < 4.78 is 29.0. The van der Waals surface area contributed by atoms with Crippen LogP contribution in [0.3, 0.4) is 0 Å². The van der Waals surface area contributed by atoms with E-state index in [-0.39, 0.29) is 25.0 Å². The maximum Gasteiger partial charge on any atom is 0.311 e. The average molecular weight is 579 g/mol. The third kappa shape index (κ3) is 6.37. The Labute approximate surface area is 242 Å². The first-order valence-corrected chi connectivity index (χ1v) is 14.8. The number of epoxide rings is 1. The van der Waals surface area contributed by atoms with Gasteiger partial charge in [-0.3, -0.25) is 24.0 Å². The molecule has 10 nitrogen and oxygen atoms in total. The molecule has 0 spiro atoms. The SMILES string of the molecule is CCCC(=O)O[C@H]1CC/C(C)=C\[C@@H]2O[C@]2([C@@H](C)C(=O)OC)C(=O)[C@H]2[C@H](C)[C@H](OC(=O)CCC)C[C@H](OC(C)=O)[C@]12C. The Morgan fingerprint density at radius 1 is 1.05 bits per heavy atom. The van der Waals surface area contributed by atoms with Crippen molar-refractivity contribution >= 4 is 29.7 Å². The second-order valence-electron chi connectivity index (χ2n) is 12.0. The van der Waals surface area contributed by atoms with E-state index in [1.807, 2.05) is 40.7 Å². The van der Waals surface area contributed by atoms with Crippen LogP contribution in [0.15, 0.2) is 11.6 Å². The molecule has 230 valence electrons. The molecule has 2 aliphatic carbocycles. The van der Waals surface area contributed by atoms with Crippen molar-refractivity contribution in [2.75, 3.05) is 7.11 Å². The third-order valence-electron chi connectivity index (χ3n) is 9.18. The molecular weight excluding hydrogens is 532 g/mol. The molecule has 10 heteroatoms. The zero-order valence-corrected chi connectivity index (χ0v) is 25.7. The number of Topliss-reactive ketones (excluding diaryl/α,β-unsaturated/α-hetero) is 1. The molecule has 3 aliphatic rings. The van der Waals surface area contributed by atoms with Crippen LogP contribution in [-0.4, -0.2) is 66.8 Å². The summed E-state index contributed by atoms with van der Waals surface area (Å²) in [7, 11) is 1.26. The molecule has 0 unspecified atom stereocenters. The summed E-state index contributed by atoms with van der Waals surface area (Å²) in [6, 6.07) is 0. The smallest absolute Gasteiger partial charge is 0.311 e. The monoisotopic (exact) mass is 578 g/mol. The lowest BCUT2D eigenvalue weighted by Gasteiger charge is -2.54. The molecule has 2 fully saturated rings. The van der Waals surface area contributed by atoms with Crippen molar-refractivity contribution < 1.29 is 47.7 Å². The van der Waals surface area contributed by atoms with Crippen molar-refractivity contribution in [2.24, 2.45) is 23.2 Å². The van der Waals surface area contributed by atoms with Gasteiger partial charge < -0.3 is 23.7 Å². The maximum absolute atomic E-state index is 14.9. The van der Waals surface area contributed by atoms with E-state index in [2.05, 4.69) is 0 Å². The van der Waals surface area contributed by atoms with Crippen LogP contribution >= 0.6 is 0 Å². The number of ether oxygens (including phenoxy) is 5. The normalized spacial score (nSPS) is 36.8. The van der Waals surface area contributed by atoms with E-state index in [1.165, 1.54) is 14.0 Å². The minimum absolute atomic E-state index is 0.136. The van der Waals surface area contributed by atoms with Gasteiger partial charge in [0.1, 0.15) is 24.4 Å². The zero-order chi connectivity index (χ0) is 30.7. The van der Waals surface area contributed by atoms with E-state index in [4.69, 9.17) is 23.7 Å². The number of carbonyl (C=O) groups is 5. The van der Waals surface area contributed by atoms with Gasteiger partial charge in [0.2, 0.25) is 0 Å². The Kier molecular flexibility index (Phi) is 10.4. The predicted octanol–water partition coefficient (Wildman–Crippen LogP) is 4.26. The van der Waals surface area contributed by atoms with Gasteiger partial charge in [0, 0.05) is 38.0 Å². The van der Waals surface area contributed by atoms with Gasteiger partial charge in [-0.1, -0.05) is 39.3 Å². The number of allylic oxidation sites excluding steroid dienone is 1. The highest BCUT2D eigenvalue weighted by molar-refractivity contribution is 5.98. The van der Waals surface area contributed by atoms with Crippen LogP contribution in [0.4, 0.5) is 0 Å². The van der Waals surface area contributed by atoms with Crippen molar-refractivity contribution in [3.8, 4) is 0 Å². The first-order chi connectivity index (χ1) is 19.3. The van der Waals surface area contributed by atoms with Crippen molar-refractivity contribution in [3.63, 3.8) is 0 Å². The van der Waals surface area contributed by atoms with E-state index in [0.29, 0.717) is 25.7 Å². The van der Waals surface area contributed by atoms with Crippen LogP contribution in [-0.2, 0) is 47.7 Å². The lowest BCUT2D eigenvalue weighted by atomic mass is 9.53. The van der Waals surface area contributed by atoms with E-state index >= 15 is 0 Å². The Balaban J connectivity index is 2.24. The number of fused-ring (bicyclic) bond motifs is 2. The lowest BCUT2D eigenvalue weighted by Crippen LogP contribution is -2.64. The van der Waals surface area contributed by atoms with Crippen molar-refractivity contribution in [1.29, 1.82) is 0 Å². The quantitative estimate of drug-likeness (QED) is 0.169. The second kappa shape index (κ2) is 13.0. The number of ketones is 1. The molecule has 0 radical (unpaired) electrons. The maximum atomic E-state index is 14.9. The molecule has 1 heterocycles. The number of hydrogen-bond acceptors (Lipinski definition) is 10. The van der Waals surface area contributed by atoms with Crippen LogP contribution in [0.1, 0.15) is 93.4 Å². The molecule has 1 saturated carbocycles. The van der Waals surface area contributed by atoms with E-state index in [0.717, 1.165) is 5.57 Å². The van der Waals surface area contributed by atoms with Crippen molar-refractivity contribution in [1.82, 2.24) is 0 Å². The molecule has 0 aromatic rings. The fourth-order valence-corrected chi connectivity index (χ4v) is 6.86. The standard InChI is InChI=1S/C31H46O10/c1-9-11-25(33)39-21-16-23(38-20(6)32)30(7)22(40-26(34)12-10-2)14-13-17(3)15-24-31(41-24,19(5)29(36)37-8)28(35)27(30)18(21)4/h15,18-19,21-24,27H,9-14,16H2,1-8H3/b17-15-/t18-,19+,21-,22+,23+,24+,27-,30+,31+/m1/s1. The Morgan fingerprint density at radius 2 is 1.66 bits per heavy atom. The molecule has 0 aromatic heterocycles. The third-order valence-corrected chi connectivity index (χ3v) is 9.18. The van der Waals surface area contributed by atoms with Gasteiger partial charge in [-0.15, -0.1) is 0 Å². The summed E-state index contributed by atoms with van der Waals surface area (Å²) in [4.78, 5) is 65.7. The number of carbonyl (C=O) groups excluding carboxylic acids is 5. The highest BCUT2D eigenvalue weighted by Gasteiger charge is 2.72. The first-order valence-electron chi connectivity index (χ1n) is 14.8. The highest BCUT2D eigenvalue weighted by Crippen LogP contribution is 2.58. The molecular formula is C31H46O10. The molecule has 0 aromatic carbocycles. The molecule has 9 atom stereocenters. The van der Waals surface area contributed by atoms with Gasteiger partial charge >= 0.3 is 23.9 Å². The van der Waals surface area contributed by atoms with E-state index in [1.54, 1.807) is 6.92 Å². The predicted molar refractivity (Wildman–Crippen MR) is 147 cm³/mol. The van der Waals surface area contributed by atoms with Crippen LogP contribution in [0.25, 0.3) is 0 Å². The van der Waals surface area contributed by atoms with Gasteiger partial charge in [0.25, 0.3) is 0 Å². The van der Waals surface area contributed by atoms with Crippen LogP contribution in [0.5, 0.6) is 0 Å². The zero-order valence-electron chi connectivity index (χ0n) is 25.7. The van der Waals surface area contributed by atoms with Crippen LogP contribution in [0, 0.1) is 23.2 Å². The summed E-state index contributed by atoms with van der Waals surface area (Å²) in [5, 5.41) is 0. The van der Waals surface area contributed by atoms with Gasteiger partial charge in [0.05, 0.1) is 18.4 Å². The summed E-state index contributed by atoms with van der Waals surface area (Å²) in [5.74, 6) is -4.83. The Morgan fingerprint density at radius 3 is 2.22 bits per heavy atom. The molecule has 0 amide bonds. The van der Waals surface area contributed by atoms with E-state index in [9.17, 15) is 24.0 Å².